The van der Waals surface area contributed by atoms with Crippen LogP contribution in [0.2, 0.25) is 0 Å². The van der Waals surface area contributed by atoms with Crippen molar-refractivity contribution in [2.24, 2.45) is 0 Å². The summed E-state index contributed by atoms with van der Waals surface area (Å²) in [6.45, 7) is 1.47. The lowest BCUT2D eigenvalue weighted by Gasteiger charge is -2.22. The average molecular weight is 353 g/mol. The molecule has 0 saturated carbocycles. The van der Waals surface area contributed by atoms with Crippen molar-refractivity contribution in [1.82, 2.24) is 9.88 Å². The van der Waals surface area contributed by atoms with E-state index in [1.807, 2.05) is 55.4 Å². The van der Waals surface area contributed by atoms with E-state index in [0.717, 1.165) is 28.3 Å². The van der Waals surface area contributed by atoms with Crippen molar-refractivity contribution in [2.75, 3.05) is 32.1 Å². The highest BCUT2D eigenvalue weighted by Crippen LogP contribution is 2.29. The van der Waals surface area contributed by atoms with Crippen molar-refractivity contribution in [2.45, 2.75) is 12.8 Å². The molecule has 130 valence electrons. The van der Waals surface area contributed by atoms with Gasteiger partial charge in [0.05, 0.1) is 10.2 Å². The van der Waals surface area contributed by atoms with Crippen LogP contribution in [0.4, 0.5) is 5.13 Å². The van der Waals surface area contributed by atoms with Crippen molar-refractivity contribution in [3.63, 3.8) is 0 Å². The molecule has 0 atom stereocenters. The van der Waals surface area contributed by atoms with E-state index < -0.39 is 0 Å². The largest absolute Gasteiger partial charge is 0.308 e. The van der Waals surface area contributed by atoms with E-state index in [-0.39, 0.29) is 5.91 Å². The highest BCUT2D eigenvalue weighted by molar-refractivity contribution is 7.22. The Balaban J connectivity index is 1.77. The second-order valence-electron chi connectivity index (χ2n) is 6.30. The van der Waals surface area contributed by atoms with Gasteiger partial charge in [-0.2, -0.15) is 0 Å². The summed E-state index contributed by atoms with van der Waals surface area (Å²) in [5.41, 5.74) is 2.14. The van der Waals surface area contributed by atoms with Crippen LogP contribution in [-0.4, -0.2) is 43.0 Å². The molecule has 0 spiro atoms. The van der Waals surface area contributed by atoms with E-state index in [0.29, 0.717) is 13.0 Å². The molecule has 0 saturated heterocycles. The van der Waals surface area contributed by atoms with Crippen LogP contribution in [0.5, 0.6) is 0 Å². The van der Waals surface area contributed by atoms with Crippen molar-refractivity contribution in [3.8, 4) is 0 Å². The third-order valence-corrected chi connectivity index (χ3v) is 5.12. The molecule has 3 aromatic rings. The predicted octanol–water partition coefficient (Wildman–Crippen LogP) is 3.82. The summed E-state index contributed by atoms with van der Waals surface area (Å²) in [5.74, 6) is 0.129. The second kappa shape index (κ2) is 8.23. The van der Waals surface area contributed by atoms with Gasteiger partial charge in [-0.1, -0.05) is 53.8 Å². The second-order valence-corrected chi connectivity index (χ2v) is 7.31. The number of aryl methyl sites for hydroxylation is 1. The first-order valence-corrected chi connectivity index (χ1v) is 9.30. The Kier molecular flexibility index (Phi) is 5.79. The number of amides is 1. The van der Waals surface area contributed by atoms with Gasteiger partial charge in [-0.25, -0.2) is 4.98 Å². The topological polar surface area (TPSA) is 36.4 Å². The Morgan fingerprint density at radius 1 is 1.00 bits per heavy atom. The number of nitrogens with zero attached hydrogens (tertiary/aromatic N) is 3. The summed E-state index contributed by atoms with van der Waals surface area (Å²) in [5, 5.41) is 0.793. The summed E-state index contributed by atoms with van der Waals surface area (Å²) in [7, 11) is 4.04. The fraction of sp³-hybridized carbons (Fsp3) is 0.300. The number of likely N-dealkylation sites (N-methyl/N-ethyl adjacent to an activating group) is 1. The molecule has 1 aromatic heterocycles. The molecule has 0 fully saturated rings. The number of benzene rings is 2. The number of fused-ring (bicyclic) bond motifs is 1. The molecular weight excluding hydrogens is 330 g/mol. The molecule has 2 aromatic carbocycles. The number of carbonyl (C=O) groups is 1. The Bertz CT molecular complexity index is 796. The fourth-order valence-corrected chi connectivity index (χ4v) is 3.64. The summed E-state index contributed by atoms with van der Waals surface area (Å²) < 4.78 is 1.11. The number of thiazole rings is 1. The van der Waals surface area contributed by atoms with Gasteiger partial charge in [0.25, 0.3) is 0 Å². The van der Waals surface area contributed by atoms with E-state index in [4.69, 9.17) is 0 Å². The first-order chi connectivity index (χ1) is 12.1. The molecule has 0 aliphatic heterocycles. The molecule has 0 aliphatic rings. The number of para-hydroxylation sites is 1. The smallest absolute Gasteiger partial charge is 0.229 e. The maximum Gasteiger partial charge on any atom is 0.229 e. The van der Waals surface area contributed by atoms with Gasteiger partial charge in [0.2, 0.25) is 5.91 Å². The quantitative estimate of drug-likeness (QED) is 0.648. The van der Waals surface area contributed by atoms with Crippen LogP contribution in [0.25, 0.3) is 10.2 Å². The maximum atomic E-state index is 12.9. The minimum Gasteiger partial charge on any atom is -0.308 e. The van der Waals surface area contributed by atoms with Crippen LogP contribution < -0.4 is 4.90 Å². The lowest BCUT2D eigenvalue weighted by atomic mass is 10.1. The zero-order chi connectivity index (χ0) is 17.6. The summed E-state index contributed by atoms with van der Waals surface area (Å²) in [6.07, 6.45) is 1.25. The molecule has 1 amide bonds. The Morgan fingerprint density at radius 2 is 1.72 bits per heavy atom. The zero-order valence-electron chi connectivity index (χ0n) is 14.7. The number of aromatic nitrogens is 1. The van der Waals surface area contributed by atoms with E-state index in [1.54, 1.807) is 11.3 Å². The fourth-order valence-electron chi connectivity index (χ4n) is 2.63. The lowest BCUT2D eigenvalue weighted by Crippen LogP contribution is -2.36. The number of hydrogen-bond acceptors (Lipinski definition) is 4. The van der Waals surface area contributed by atoms with Crippen LogP contribution in [0.15, 0.2) is 54.6 Å². The zero-order valence-corrected chi connectivity index (χ0v) is 15.5. The highest BCUT2D eigenvalue weighted by Gasteiger charge is 2.19. The molecule has 0 N–H and O–H groups in total. The average Bonchev–Trinajstić information content (AvgIpc) is 3.04. The Labute approximate surface area is 152 Å². The number of anilines is 1. The SMILES string of the molecule is CN(C)CCN(C(=O)CCc1ccccc1)c1nc2ccccc2s1. The lowest BCUT2D eigenvalue weighted by molar-refractivity contribution is -0.118. The van der Waals surface area contributed by atoms with Crippen LogP contribution in [0, 0.1) is 0 Å². The van der Waals surface area contributed by atoms with Crippen LogP contribution in [0.3, 0.4) is 0 Å². The predicted molar refractivity (Wildman–Crippen MR) is 105 cm³/mol. The first kappa shape index (κ1) is 17.6. The molecule has 1 heterocycles. The molecule has 0 aliphatic carbocycles. The van der Waals surface area contributed by atoms with E-state index in [2.05, 4.69) is 28.1 Å². The molecule has 25 heavy (non-hydrogen) atoms. The molecule has 3 rings (SSSR count). The van der Waals surface area contributed by atoms with E-state index in [1.165, 1.54) is 5.56 Å². The molecular formula is C20H23N3OS. The van der Waals surface area contributed by atoms with Gasteiger partial charge in [0.1, 0.15) is 0 Å². The van der Waals surface area contributed by atoms with Crippen LogP contribution in [0.1, 0.15) is 12.0 Å². The van der Waals surface area contributed by atoms with Crippen molar-refractivity contribution < 1.29 is 4.79 Å². The van der Waals surface area contributed by atoms with Gasteiger partial charge >= 0.3 is 0 Å². The highest BCUT2D eigenvalue weighted by atomic mass is 32.1. The molecule has 0 bridgehead atoms. The van der Waals surface area contributed by atoms with Crippen LogP contribution >= 0.6 is 11.3 Å². The number of hydrogen-bond donors (Lipinski definition) is 0. The normalized spacial score (nSPS) is 11.2. The minimum absolute atomic E-state index is 0.129. The van der Waals surface area contributed by atoms with E-state index in [9.17, 15) is 4.79 Å². The standard InChI is InChI=1S/C20H23N3OS/c1-22(2)14-15-23(19(24)13-12-16-8-4-3-5-9-16)20-21-17-10-6-7-11-18(17)25-20/h3-11H,12-15H2,1-2H3. The van der Waals surface area contributed by atoms with Gasteiger partial charge in [0, 0.05) is 19.5 Å². The molecule has 0 unspecified atom stereocenters. The van der Waals surface area contributed by atoms with Gasteiger partial charge in [-0.15, -0.1) is 0 Å². The summed E-state index contributed by atoms with van der Waals surface area (Å²) in [4.78, 5) is 21.5. The summed E-state index contributed by atoms with van der Waals surface area (Å²) >= 11 is 1.58. The number of carbonyl (C=O) groups excluding carboxylic acids is 1. The monoisotopic (exact) mass is 353 g/mol. The van der Waals surface area contributed by atoms with Crippen molar-refractivity contribution >= 4 is 32.6 Å². The maximum absolute atomic E-state index is 12.9. The third kappa shape index (κ3) is 4.65. The summed E-state index contributed by atoms with van der Waals surface area (Å²) in [6, 6.07) is 18.2. The first-order valence-electron chi connectivity index (χ1n) is 8.48. The minimum atomic E-state index is 0.129. The van der Waals surface area contributed by atoms with Crippen molar-refractivity contribution in [3.05, 3.63) is 60.2 Å². The Hall–Kier alpha value is -2.24. The molecule has 4 nitrogen and oxygen atoms in total. The van der Waals surface area contributed by atoms with E-state index >= 15 is 0 Å². The van der Waals surface area contributed by atoms with Gasteiger partial charge in [-0.3, -0.25) is 9.69 Å². The van der Waals surface area contributed by atoms with Gasteiger partial charge in [-0.05, 0) is 38.2 Å². The third-order valence-electron chi connectivity index (χ3n) is 4.06. The van der Waals surface area contributed by atoms with Crippen LogP contribution in [-0.2, 0) is 11.2 Å². The van der Waals surface area contributed by atoms with Gasteiger partial charge < -0.3 is 4.90 Å². The van der Waals surface area contributed by atoms with Crippen molar-refractivity contribution in [1.29, 1.82) is 0 Å². The molecule has 0 radical (unpaired) electrons. The Morgan fingerprint density at radius 3 is 2.44 bits per heavy atom. The molecule has 5 heteroatoms. The van der Waals surface area contributed by atoms with Gasteiger partial charge in [0.15, 0.2) is 5.13 Å². The number of rotatable bonds is 7.